The highest BCUT2D eigenvalue weighted by atomic mass is 16.3. The molecular weight excluding hydrogens is 202 g/mol. The van der Waals surface area contributed by atoms with Crippen molar-refractivity contribution in [2.24, 2.45) is 5.73 Å². The van der Waals surface area contributed by atoms with E-state index in [1.54, 1.807) is 0 Å². The molecule has 3 N–H and O–H groups in total. The summed E-state index contributed by atoms with van der Waals surface area (Å²) in [5, 5.41) is 8.92. The van der Waals surface area contributed by atoms with Crippen LogP contribution in [0.4, 0.5) is 0 Å². The van der Waals surface area contributed by atoms with Crippen molar-refractivity contribution < 1.29 is 5.11 Å². The third-order valence-corrected chi connectivity index (χ3v) is 4.28. The first-order valence-electron chi connectivity index (χ1n) is 6.51. The molecule has 3 unspecified atom stereocenters. The van der Waals surface area contributed by atoms with Gasteiger partial charge in [0.15, 0.2) is 0 Å². The number of likely N-dealkylation sites (tertiary alicyclic amines) is 1. The minimum absolute atomic E-state index is 0.0434. The lowest BCUT2D eigenvalue weighted by atomic mass is 10.1. The molecule has 2 saturated heterocycles. The van der Waals surface area contributed by atoms with Gasteiger partial charge in [-0.15, -0.1) is 0 Å². The monoisotopic (exact) mass is 227 g/mol. The zero-order valence-corrected chi connectivity index (χ0v) is 10.3. The zero-order valence-electron chi connectivity index (χ0n) is 10.3. The van der Waals surface area contributed by atoms with Gasteiger partial charge in [-0.05, 0) is 45.8 Å². The van der Waals surface area contributed by atoms with E-state index in [0.29, 0.717) is 0 Å². The quantitative estimate of drug-likeness (QED) is 0.702. The van der Waals surface area contributed by atoms with Gasteiger partial charge in [-0.2, -0.15) is 0 Å². The minimum atomic E-state index is -0.0434. The molecule has 0 aromatic heterocycles. The Kier molecular flexibility index (Phi) is 4.19. The van der Waals surface area contributed by atoms with E-state index in [9.17, 15) is 0 Å². The van der Waals surface area contributed by atoms with Crippen LogP contribution in [0.25, 0.3) is 0 Å². The van der Waals surface area contributed by atoms with Crippen LogP contribution in [0, 0.1) is 0 Å². The lowest BCUT2D eigenvalue weighted by Crippen LogP contribution is -2.38. The Labute approximate surface area is 98.4 Å². The average Bonchev–Trinajstić information content (AvgIpc) is 2.52. The van der Waals surface area contributed by atoms with Crippen LogP contribution in [0.15, 0.2) is 0 Å². The Hall–Kier alpha value is -0.160. The summed E-state index contributed by atoms with van der Waals surface area (Å²) in [6.07, 6.45) is 4.94. The van der Waals surface area contributed by atoms with Gasteiger partial charge in [0.25, 0.3) is 0 Å². The van der Waals surface area contributed by atoms with E-state index in [1.165, 1.54) is 32.4 Å². The van der Waals surface area contributed by atoms with Crippen LogP contribution in [0.5, 0.6) is 0 Å². The Morgan fingerprint density at radius 3 is 2.81 bits per heavy atom. The molecule has 2 aliphatic heterocycles. The van der Waals surface area contributed by atoms with Gasteiger partial charge >= 0.3 is 0 Å². The predicted octanol–water partition coefficient (Wildman–Crippen LogP) is -0.135. The maximum Gasteiger partial charge on any atom is 0.0583 e. The van der Waals surface area contributed by atoms with Crippen LogP contribution >= 0.6 is 0 Å². The van der Waals surface area contributed by atoms with Gasteiger partial charge in [0, 0.05) is 24.7 Å². The van der Waals surface area contributed by atoms with E-state index in [2.05, 4.69) is 16.8 Å². The number of hydrogen-bond donors (Lipinski definition) is 2. The Morgan fingerprint density at radius 2 is 2.06 bits per heavy atom. The second-order valence-electron chi connectivity index (χ2n) is 5.37. The first-order chi connectivity index (χ1) is 7.70. The van der Waals surface area contributed by atoms with E-state index in [-0.39, 0.29) is 12.6 Å². The van der Waals surface area contributed by atoms with Gasteiger partial charge in [-0.3, -0.25) is 4.90 Å². The Morgan fingerprint density at radius 1 is 1.31 bits per heavy atom. The Balaban J connectivity index is 1.80. The molecule has 0 spiro atoms. The summed E-state index contributed by atoms with van der Waals surface area (Å²) in [4.78, 5) is 5.09. The molecule has 94 valence electrons. The largest absolute Gasteiger partial charge is 0.395 e. The molecule has 2 fully saturated rings. The molecular formula is C12H25N3O. The topological polar surface area (TPSA) is 52.7 Å². The van der Waals surface area contributed by atoms with Crippen LogP contribution in [0.3, 0.4) is 0 Å². The number of nitrogens with zero attached hydrogens (tertiary/aromatic N) is 2. The standard InChI is InChI=1S/C12H25N3O/c1-14-11-2-3-12(14)8-15(7-5-11)6-4-10(13)9-16/h10-12,16H,2-9,13H2,1H3. The van der Waals surface area contributed by atoms with E-state index in [4.69, 9.17) is 10.8 Å². The summed E-state index contributed by atoms with van der Waals surface area (Å²) in [7, 11) is 2.27. The number of aliphatic hydroxyl groups excluding tert-OH is 1. The van der Waals surface area contributed by atoms with Crippen molar-refractivity contribution in [3.05, 3.63) is 0 Å². The third-order valence-electron chi connectivity index (χ3n) is 4.28. The highest BCUT2D eigenvalue weighted by Gasteiger charge is 2.34. The second-order valence-corrected chi connectivity index (χ2v) is 5.37. The molecule has 4 heteroatoms. The molecule has 0 radical (unpaired) electrons. The first kappa shape index (κ1) is 12.3. The maximum atomic E-state index is 8.92. The van der Waals surface area contributed by atoms with E-state index >= 15 is 0 Å². The number of hydrogen-bond acceptors (Lipinski definition) is 4. The van der Waals surface area contributed by atoms with Crippen molar-refractivity contribution in [1.29, 1.82) is 0 Å². The van der Waals surface area contributed by atoms with Crippen molar-refractivity contribution >= 4 is 0 Å². The third kappa shape index (κ3) is 2.74. The first-order valence-corrected chi connectivity index (χ1v) is 6.51. The molecule has 16 heavy (non-hydrogen) atoms. The van der Waals surface area contributed by atoms with Gasteiger partial charge in [0.05, 0.1) is 6.61 Å². The molecule has 0 aromatic rings. The normalized spacial score (nSPS) is 33.9. The van der Waals surface area contributed by atoms with Crippen molar-refractivity contribution in [1.82, 2.24) is 9.80 Å². The van der Waals surface area contributed by atoms with Crippen LogP contribution in [-0.2, 0) is 0 Å². The molecule has 3 atom stereocenters. The highest BCUT2D eigenvalue weighted by molar-refractivity contribution is 4.91. The summed E-state index contributed by atoms with van der Waals surface area (Å²) in [5.74, 6) is 0. The van der Waals surface area contributed by atoms with Crippen LogP contribution in [0.2, 0.25) is 0 Å². The summed E-state index contributed by atoms with van der Waals surface area (Å²) in [5.41, 5.74) is 5.75. The zero-order chi connectivity index (χ0) is 11.5. The lowest BCUT2D eigenvalue weighted by Gasteiger charge is -2.26. The second kappa shape index (κ2) is 5.45. The highest BCUT2D eigenvalue weighted by Crippen LogP contribution is 2.28. The van der Waals surface area contributed by atoms with Crippen molar-refractivity contribution in [3.8, 4) is 0 Å². The fraction of sp³-hybridized carbons (Fsp3) is 1.00. The smallest absolute Gasteiger partial charge is 0.0583 e. The lowest BCUT2D eigenvalue weighted by molar-refractivity contribution is 0.202. The summed E-state index contributed by atoms with van der Waals surface area (Å²) in [6, 6.07) is 1.51. The minimum Gasteiger partial charge on any atom is -0.395 e. The maximum absolute atomic E-state index is 8.92. The number of fused-ring (bicyclic) bond motifs is 2. The number of likely N-dealkylation sites (N-methyl/N-ethyl adjacent to an activating group) is 1. The van der Waals surface area contributed by atoms with Gasteiger partial charge in [0.2, 0.25) is 0 Å². The number of rotatable bonds is 4. The van der Waals surface area contributed by atoms with Gasteiger partial charge in [-0.25, -0.2) is 0 Å². The van der Waals surface area contributed by atoms with Crippen LogP contribution in [0.1, 0.15) is 25.7 Å². The molecule has 0 saturated carbocycles. The SMILES string of the molecule is CN1C2CCC1CN(CCC(N)CO)CC2. The predicted molar refractivity (Wildman–Crippen MR) is 65.3 cm³/mol. The fourth-order valence-corrected chi connectivity index (χ4v) is 3.02. The summed E-state index contributed by atoms with van der Waals surface area (Å²) < 4.78 is 0. The fourth-order valence-electron chi connectivity index (χ4n) is 3.02. The molecule has 2 bridgehead atoms. The number of nitrogens with two attached hydrogens (primary N) is 1. The summed E-state index contributed by atoms with van der Waals surface area (Å²) in [6.45, 7) is 3.54. The Bertz CT molecular complexity index is 224. The summed E-state index contributed by atoms with van der Waals surface area (Å²) >= 11 is 0. The van der Waals surface area contributed by atoms with E-state index in [0.717, 1.165) is 25.0 Å². The number of aliphatic hydroxyl groups is 1. The van der Waals surface area contributed by atoms with Crippen molar-refractivity contribution in [3.63, 3.8) is 0 Å². The molecule has 0 amide bonds. The van der Waals surface area contributed by atoms with Gasteiger partial charge in [-0.1, -0.05) is 0 Å². The van der Waals surface area contributed by atoms with Crippen molar-refractivity contribution in [2.75, 3.05) is 33.3 Å². The van der Waals surface area contributed by atoms with Gasteiger partial charge in [0.1, 0.15) is 0 Å². The molecule has 4 nitrogen and oxygen atoms in total. The average molecular weight is 227 g/mol. The molecule has 2 rings (SSSR count). The van der Waals surface area contributed by atoms with Crippen molar-refractivity contribution in [2.45, 2.75) is 43.8 Å². The van der Waals surface area contributed by atoms with E-state index in [1.807, 2.05) is 0 Å². The van der Waals surface area contributed by atoms with E-state index < -0.39 is 0 Å². The molecule has 2 heterocycles. The molecule has 0 aliphatic carbocycles. The molecule has 0 aromatic carbocycles. The van der Waals surface area contributed by atoms with Gasteiger partial charge < -0.3 is 15.7 Å². The van der Waals surface area contributed by atoms with Crippen LogP contribution < -0.4 is 5.73 Å². The molecule has 2 aliphatic rings. The van der Waals surface area contributed by atoms with Crippen LogP contribution in [-0.4, -0.2) is 66.3 Å².